The van der Waals surface area contributed by atoms with Gasteiger partial charge < -0.3 is 4.52 Å². The van der Waals surface area contributed by atoms with Crippen molar-refractivity contribution in [1.82, 2.24) is 15.1 Å². The smallest absolute Gasteiger partial charge is 0.147 e. The van der Waals surface area contributed by atoms with Gasteiger partial charge in [-0.1, -0.05) is 64.9 Å². The van der Waals surface area contributed by atoms with E-state index >= 15 is 0 Å². The fraction of sp³-hybridized carbons (Fsp3) is 0.105. The zero-order valence-electron chi connectivity index (χ0n) is 13.1. The third-order valence-electron chi connectivity index (χ3n) is 3.76. The Kier molecular flexibility index (Phi) is 4.01. The molecule has 5 heteroatoms. The van der Waals surface area contributed by atoms with Crippen LogP contribution in [0.1, 0.15) is 11.3 Å². The van der Waals surface area contributed by atoms with Crippen molar-refractivity contribution < 1.29 is 4.52 Å². The minimum absolute atomic E-state index is 0.680. The number of hydrogen-bond acceptors (Lipinski definition) is 5. The molecule has 0 N–H and O–H groups in total. The number of nitrogens with zero attached hydrogens (tertiary/aromatic N) is 3. The highest BCUT2D eigenvalue weighted by molar-refractivity contribution is 7.98. The highest BCUT2D eigenvalue weighted by atomic mass is 32.2. The molecule has 2 aromatic heterocycles. The maximum absolute atomic E-state index is 5.47. The Bertz CT molecular complexity index is 974. The number of rotatable bonds is 4. The molecule has 0 radical (unpaired) electrons. The molecule has 0 aliphatic carbocycles. The molecular formula is C19H15N3OS. The van der Waals surface area contributed by atoms with Crippen molar-refractivity contribution in [2.45, 2.75) is 17.7 Å². The summed E-state index contributed by atoms with van der Waals surface area (Å²) in [6, 6.07) is 18.3. The second kappa shape index (κ2) is 6.45. The lowest BCUT2D eigenvalue weighted by Gasteiger charge is -2.02. The van der Waals surface area contributed by atoms with Crippen molar-refractivity contribution in [2.75, 3.05) is 0 Å². The van der Waals surface area contributed by atoms with Crippen molar-refractivity contribution in [3.05, 3.63) is 72.2 Å². The van der Waals surface area contributed by atoms with Gasteiger partial charge in [0.05, 0.1) is 11.3 Å². The first-order valence-electron chi connectivity index (χ1n) is 7.65. The fourth-order valence-corrected chi connectivity index (χ4v) is 3.34. The highest BCUT2D eigenvalue weighted by Gasteiger charge is 2.09. The summed E-state index contributed by atoms with van der Waals surface area (Å²) >= 11 is 1.63. The maximum Gasteiger partial charge on any atom is 0.147 e. The second-order valence-electron chi connectivity index (χ2n) is 5.53. The van der Waals surface area contributed by atoms with Crippen LogP contribution in [0.4, 0.5) is 0 Å². The van der Waals surface area contributed by atoms with Gasteiger partial charge in [-0.05, 0) is 13.0 Å². The van der Waals surface area contributed by atoms with Crippen LogP contribution in [0.15, 0.2) is 70.5 Å². The summed E-state index contributed by atoms with van der Waals surface area (Å²) in [5.41, 5.74) is 4.10. The van der Waals surface area contributed by atoms with Gasteiger partial charge in [0, 0.05) is 17.0 Å². The standard InChI is InChI=1S/C19H15N3OS/c1-13-6-8-14(9-7-13)18-10-15(23-22-18)11-24-19-16-4-2-3-5-17(16)20-12-21-19/h2-10,12H,11H2,1H3. The van der Waals surface area contributed by atoms with Crippen LogP contribution in [0, 0.1) is 6.92 Å². The molecule has 0 unspecified atom stereocenters. The van der Waals surface area contributed by atoms with Crippen LogP contribution in [0.3, 0.4) is 0 Å². The molecule has 4 nitrogen and oxygen atoms in total. The van der Waals surface area contributed by atoms with Gasteiger partial charge in [0.2, 0.25) is 0 Å². The van der Waals surface area contributed by atoms with Gasteiger partial charge >= 0.3 is 0 Å². The van der Waals surface area contributed by atoms with Crippen molar-refractivity contribution in [3.63, 3.8) is 0 Å². The molecule has 0 amide bonds. The SMILES string of the molecule is Cc1ccc(-c2cc(CSc3ncnc4ccccc34)on2)cc1. The summed E-state index contributed by atoms with van der Waals surface area (Å²) in [6.45, 7) is 2.07. The molecular weight excluding hydrogens is 318 g/mol. The first-order valence-corrected chi connectivity index (χ1v) is 8.63. The monoisotopic (exact) mass is 333 g/mol. The average Bonchev–Trinajstić information content (AvgIpc) is 3.09. The van der Waals surface area contributed by atoms with E-state index in [1.165, 1.54) is 5.56 Å². The van der Waals surface area contributed by atoms with E-state index in [0.29, 0.717) is 5.75 Å². The number of aryl methyl sites for hydroxylation is 1. The van der Waals surface area contributed by atoms with Crippen molar-refractivity contribution in [1.29, 1.82) is 0 Å². The molecule has 2 heterocycles. The minimum atomic E-state index is 0.680. The predicted molar refractivity (Wildman–Crippen MR) is 95.8 cm³/mol. The Morgan fingerprint density at radius 3 is 2.71 bits per heavy atom. The van der Waals surface area contributed by atoms with Crippen LogP contribution in [-0.2, 0) is 5.75 Å². The van der Waals surface area contributed by atoms with E-state index in [9.17, 15) is 0 Å². The first kappa shape index (κ1) is 14.9. The molecule has 0 saturated carbocycles. The van der Waals surface area contributed by atoms with Crippen LogP contribution in [0.2, 0.25) is 0 Å². The molecule has 0 aliphatic heterocycles. The molecule has 0 spiro atoms. The zero-order chi connectivity index (χ0) is 16.4. The van der Waals surface area contributed by atoms with E-state index < -0.39 is 0 Å². The summed E-state index contributed by atoms with van der Waals surface area (Å²) in [4.78, 5) is 8.67. The van der Waals surface area contributed by atoms with Crippen molar-refractivity contribution in [3.8, 4) is 11.3 Å². The number of fused-ring (bicyclic) bond motifs is 1. The topological polar surface area (TPSA) is 51.8 Å². The predicted octanol–water partition coefficient (Wildman–Crippen LogP) is 4.89. The lowest BCUT2D eigenvalue weighted by atomic mass is 10.1. The molecule has 0 atom stereocenters. The van der Waals surface area contributed by atoms with Gasteiger partial charge in [-0.3, -0.25) is 0 Å². The number of hydrogen-bond donors (Lipinski definition) is 0. The quantitative estimate of drug-likeness (QED) is 0.393. The van der Waals surface area contributed by atoms with Crippen molar-refractivity contribution >= 4 is 22.7 Å². The Morgan fingerprint density at radius 1 is 1.00 bits per heavy atom. The van der Waals surface area contributed by atoms with Crippen LogP contribution in [0.5, 0.6) is 0 Å². The minimum Gasteiger partial charge on any atom is -0.360 e. The van der Waals surface area contributed by atoms with E-state index in [-0.39, 0.29) is 0 Å². The Hall–Kier alpha value is -2.66. The summed E-state index contributed by atoms with van der Waals surface area (Å²) in [5.74, 6) is 1.51. The number of benzene rings is 2. The lowest BCUT2D eigenvalue weighted by Crippen LogP contribution is -1.87. The number of para-hydroxylation sites is 1. The molecule has 118 valence electrons. The summed E-state index contributed by atoms with van der Waals surface area (Å²) in [5, 5.41) is 6.18. The summed E-state index contributed by atoms with van der Waals surface area (Å²) in [6.07, 6.45) is 1.60. The first-order chi connectivity index (χ1) is 11.8. The van der Waals surface area contributed by atoms with E-state index in [1.807, 2.05) is 30.3 Å². The number of aromatic nitrogens is 3. The summed E-state index contributed by atoms with van der Waals surface area (Å²) in [7, 11) is 0. The largest absolute Gasteiger partial charge is 0.360 e. The Labute approximate surface area is 143 Å². The van der Waals surface area contributed by atoms with E-state index in [0.717, 1.165) is 32.9 Å². The molecule has 2 aromatic carbocycles. The van der Waals surface area contributed by atoms with Crippen LogP contribution in [0.25, 0.3) is 22.2 Å². The van der Waals surface area contributed by atoms with Crippen LogP contribution in [-0.4, -0.2) is 15.1 Å². The van der Waals surface area contributed by atoms with Gasteiger partial charge in [0.1, 0.15) is 22.8 Å². The number of thioether (sulfide) groups is 1. The van der Waals surface area contributed by atoms with E-state index in [2.05, 4.69) is 46.3 Å². The van der Waals surface area contributed by atoms with Gasteiger partial charge in [-0.15, -0.1) is 0 Å². The molecule has 24 heavy (non-hydrogen) atoms. The lowest BCUT2D eigenvalue weighted by molar-refractivity contribution is 0.397. The molecule has 0 aliphatic rings. The van der Waals surface area contributed by atoms with Crippen molar-refractivity contribution in [2.24, 2.45) is 0 Å². The molecule has 0 saturated heterocycles. The van der Waals surface area contributed by atoms with Crippen LogP contribution >= 0.6 is 11.8 Å². The van der Waals surface area contributed by atoms with Gasteiger partial charge in [-0.2, -0.15) is 0 Å². The third kappa shape index (κ3) is 3.03. The van der Waals surface area contributed by atoms with E-state index in [1.54, 1.807) is 18.1 Å². The maximum atomic E-state index is 5.47. The molecule has 0 bridgehead atoms. The Balaban J connectivity index is 1.53. The van der Waals surface area contributed by atoms with Gasteiger partial charge in [-0.25, -0.2) is 9.97 Å². The normalized spacial score (nSPS) is 11.0. The molecule has 4 rings (SSSR count). The third-order valence-corrected chi connectivity index (χ3v) is 4.79. The fourth-order valence-electron chi connectivity index (χ4n) is 2.48. The van der Waals surface area contributed by atoms with E-state index in [4.69, 9.17) is 4.52 Å². The zero-order valence-corrected chi connectivity index (χ0v) is 14.0. The molecule has 0 fully saturated rings. The second-order valence-corrected chi connectivity index (χ2v) is 6.49. The highest BCUT2D eigenvalue weighted by Crippen LogP contribution is 2.28. The molecule has 4 aromatic rings. The summed E-state index contributed by atoms with van der Waals surface area (Å²) < 4.78 is 5.47. The average molecular weight is 333 g/mol. The van der Waals surface area contributed by atoms with Crippen LogP contribution < -0.4 is 0 Å². The van der Waals surface area contributed by atoms with Gasteiger partial charge in [0.25, 0.3) is 0 Å². The Morgan fingerprint density at radius 2 is 1.83 bits per heavy atom. The van der Waals surface area contributed by atoms with Gasteiger partial charge in [0.15, 0.2) is 0 Å².